The Morgan fingerprint density at radius 2 is 0.736 bits per heavy atom. The molecule has 5 heteroatoms. The molecule has 0 bridgehead atoms. The lowest BCUT2D eigenvalue weighted by Crippen LogP contribution is -2.17. The van der Waals surface area contributed by atoms with Crippen molar-refractivity contribution < 1.29 is 22.3 Å². The molecule has 0 radical (unpaired) electrons. The van der Waals surface area contributed by atoms with E-state index in [-0.39, 0.29) is 49.0 Å². The SMILES string of the molecule is C=CC1CCC(CCC2CCC(c3cc(F)c(CCOCCc4c(F)cc(C5CCC(CCC6CCC(C=C)CC6)CC5)cc4F)c(F)c3)CC2)CC1. The fourth-order valence-electron chi connectivity index (χ4n) is 10.6. The Bertz CT molecular complexity index is 1300. The van der Waals surface area contributed by atoms with Gasteiger partial charge < -0.3 is 4.74 Å². The Morgan fingerprint density at radius 3 is 1.02 bits per heavy atom. The molecule has 0 amide bonds. The van der Waals surface area contributed by atoms with Gasteiger partial charge in [-0.15, -0.1) is 13.2 Å². The molecule has 2 aromatic carbocycles. The third-order valence-corrected chi connectivity index (χ3v) is 14.4. The monoisotopic (exact) mass is 735 g/mol. The van der Waals surface area contributed by atoms with E-state index in [0.717, 1.165) is 86.2 Å². The number of rotatable bonds is 16. The Morgan fingerprint density at radius 1 is 0.453 bits per heavy atom. The Labute approximate surface area is 318 Å². The highest BCUT2D eigenvalue weighted by molar-refractivity contribution is 5.30. The van der Waals surface area contributed by atoms with Crippen LogP contribution in [0.1, 0.15) is 163 Å². The molecule has 4 saturated carbocycles. The molecule has 4 aliphatic rings. The van der Waals surface area contributed by atoms with E-state index >= 15 is 17.6 Å². The van der Waals surface area contributed by atoms with Gasteiger partial charge in [0.15, 0.2) is 0 Å². The second-order valence-corrected chi connectivity index (χ2v) is 17.7. The van der Waals surface area contributed by atoms with Gasteiger partial charge in [0.1, 0.15) is 23.3 Å². The summed E-state index contributed by atoms with van der Waals surface area (Å²) in [5.74, 6) is 2.91. The van der Waals surface area contributed by atoms with E-state index in [1.807, 2.05) is 0 Å². The largest absolute Gasteiger partial charge is 0.381 e. The highest BCUT2D eigenvalue weighted by atomic mass is 19.1. The minimum absolute atomic E-state index is 0.0284. The van der Waals surface area contributed by atoms with Crippen LogP contribution in [0.5, 0.6) is 0 Å². The van der Waals surface area contributed by atoms with Crippen LogP contribution in [0.4, 0.5) is 17.6 Å². The molecular formula is C48H66F4O. The number of hydrogen-bond donors (Lipinski definition) is 0. The van der Waals surface area contributed by atoms with Crippen molar-refractivity contribution in [1.29, 1.82) is 0 Å². The first-order chi connectivity index (χ1) is 25.8. The molecule has 0 saturated heterocycles. The second kappa shape index (κ2) is 20.0. The zero-order valence-electron chi connectivity index (χ0n) is 32.4. The molecule has 53 heavy (non-hydrogen) atoms. The molecule has 2 aromatic rings. The van der Waals surface area contributed by atoms with Crippen LogP contribution in [0, 0.1) is 58.8 Å². The molecule has 292 valence electrons. The van der Waals surface area contributed by atoms with Gasteiger partial charge in [0.25, 0.3) is 0 Å². The highest BCUT2D eigenvalue weighted by Gasteiger charge is 2.28. The van der Waals surface area contributed by atoms with Crippen LogP contribution in [0.2, 0.25) is 0 Å². The standard InChI is InChI=1S/C48H66F4O/c1-3-33-5-9-35(10-6-33)13-15-37-17-21-39(22-18-37)41-29-45(49)43(46(50)30-41)25-27-53-28-26-44-47(51)31-42(32-48(44)52)40-23-19-38(20-24-40)16-14-36-11-7-34(4-2)8-12-36/h3-4,29-40H,1-2,5-28H2. The summed E-state index contributed by atoms with van der Waals surface area (Å²) in [6.45, 7) is 8.11. The van der Waals surface area contributed by atoms with Crippen molar-refractivity contribution in [2.75, 3.05) is 13.2 Å². The van der Waals surface area contributed by atoms with Gasteiger partial charge in [0.2, 0.25) is 0 Å². The molecule has 0 atom stereocenters. The molecule has 0 unspecified atom stereocenters. The van der Waals surface area contributed by atoms with Gasteiger partial charge in [-0.2, -0.15) is 0 Å². The maximum Gasteiger partial charge on any atom is 0.129 e. The van der Waals surface area contributed by atoms with Crippen molar-refractivity contribution in [3.8, 4) is 0 Å². The minimum atomic E-state index is -0.520. The van der Waals surface area contributed by atoms with E-state index in [4.69, 9.17) is 4.74 Å². The summed E-state index contributed by atoms with van der Waals surface area (Å²) in [4.78, 5) is 0. The number of halogens is 4. The Kier molecular flexibility index (Phi) is 15.2. The summed E-state index contributed by atoms with van der Waals surface area (Å²) in [6.07, 6.45) is 28.5. The zero-order chi connectivity index (χ0) is 37.2. The molecule has 4 fully saturated rings. The van der Waals surface area contributed by atoms with Crippen molar-refractivity contribution >= 4 is 0 Å². The maximum atomic E-state index is 15.2. The molecule has 6 rings (SSSR count). The van der Waals surface area contributed by atoms with Crippen LogP contribution in [0.15, 0.2) is 49.6 Å². The second-order valence-electron chi connectivity index (χ2n) is 17.7. The number of benzene rings is 2. The number of hydrogen-bond acceptors (Lipinski definition) is 1. The molecule has 0 spiro atoms. The van der Waals surface area contributed by atoms with Gasteiger partial charge in [0.05, 0.1) is 13.2 Å². The van der Waals surface area contributed by atoms with Crippen LogP contribution in [-0.4, -0.2) is 13.2 Å². The molecule has 0 heterocycles. The van der Waals surface area contributed by atoms with Crippen LogP contribution in [-0.2, 0) is 17.6 Å². The molecule has 1 nitrogen and oxygen atoms in total. The first-order valence-electron chi connectivity index (χ1n) is 21.6. The summed E-state index contributed by atoms with van der Waals surface area (Å²) in [7, 11) is 0. The van der Waals surface area contributed by atoms with Gasteiger partial charge in [-0.25, -0.2) is 17.6 Å². The topological polar surface area (TPSA) is 9.23 Å². The third-order valence-electron chi connectivity index (χ3n) is 14.4. The van der Waals surface area contributed by atoms with E-state index in [1.54, 1.807) is 0 Å². The highest BCUT2D eigenvalue weighted by Crippen LogP contribution is 2.42. The molecular weight excluding hydrogens is 669 g/mol. The van der Waals surface area contributed by atoms with Crippen LogP contribution in [0.25, 0.3) is 0 Å². The fourth-order valence-corrected chi connectivity index (χ4v) is 10.6. The van der Waals surface area contributed by atoms with Crippen LogP contribution in [0.3, 0.4) is 0 Å². The van der Waals surface area contributed by atoms with E-state index in [2.05, 4.69) is 25.3 Å². The lowest BCUT2D eigenvalue weighted by atomic mass is 9.74. The zero-order valence-corrected chi connectivity index (χ0v) is 32.4. The number of allylic oxidation sites excluding steroid dienone is 2. The predicted octanol–water partition coefficient (Wildman–Crippen LogP) is 14.1. The van der Waals surface area contributed by atoms with Crippen molar-refractivity contribution in [2.45, 2.75) is 153 Å². The Balaban J connectivity index is 0.880. The average molecular weight is 735 g/mol. The van der Waals surface area contributed by atoms with Gasteiger partial charge >= 0.3 is 0 Å². The lowest BCUT2D eigenvalue weighted by molar-refractivity contribution is 0.137. The Hall–Kier alpha value is -2.40. The first kappa shape index (κ1) is 40.3. The minimum Gasteiger partial charge on any atom is -0.381 e. The normalized spacial score (nSPS) is 29.5. The number of ether oxygens (including phenoxy) is 1. The average Bonchev–Trinajstić information content (AvgIpc) is 3.18. The summed E-state index contributed by atoms with van der Waals surface area (Å²) < 4.78 is 66.3. The van der Waals surface area contributed by atoms with Crippen molar-refractivity contribution in [3.63, 3.8) is 0 Å². The first-order valence-corrected chi connectivity index (χ1v) is 21.6. The van der Waals surface area contributed by atoms with Gasteiger partial charge in [-0.05, 0) is 185 Å². The van der Waals surface area contributed by atoms with Gasteiger partial charge in [-0.3, -0.25) is 0 Å². The molecule has 0 N–H and O–H groups in total. The fraction of sp³-hybridized carbons (Fsp3) is 0.667. The molecule has 0 aliphatic heterocycles. The van der Waals surface area contributed by atoms with E-state index in [9.17, 15) is 0 Å². The van der Waals surface area contributed by atoms with Crippen molar-refractivity contribution in [2.24, 2.45) is 35.5 Å². The molecule has 0 aromatic heterocycles. The smallest absolute Gasteiger partial charge is 0.129 e. The summed E-state index contributed by atoms with van der Waals surface area (Å²) in [5.41, 5.74) is 1.59. The van der Waals surface area contributed by atoms with Crippen LogP contribution < -0.4 is 0 Å². The summed E-state index contributed by atoms with van der Waals surface area (Å²) in [5, 5.41) is 0. The molecule has 4 aliphatic carbocycles. The van der Waals surface area contributed by atoms with Crippen molar-refractivity contribution in [1.82, 2.24) is 0 Å². The summed E-state index contributed by atoms with van der Waals surface area (Å²) in [6, 6.07) is 6.10. The van der Waals surface area contributed by atoms with Gasteiger partial charge in [0, 0.05) is 24.0 Å². The van der Waals surface area contributed by atoms with E-state index < -0.39 is 23.3 Å². The third kappa shape index (κ3) is 11.3. The lowest BCUT2D eigenvalue weighted by Gasteiger charge is -2.31. The summed E-state index contributed by atoms with van der Waals surface area (Å²) >= 11 is 0. The quantitative estimate of drug-likeness (QED) is 0.0948. The van der Waals surface area contributed by atoms with Crippen molar-refractivity contribution in [3.05, 3.63) is 95.1 Å². The van der Waals surface area contributed by atoms with Gasteiger partial charge in [-0.1, -0.05) is 37.8 Å². The maximum absolute atomic E-state index is 15.2. The van der Waals surface area contributed by atoms with E-state index in [1.165, 1.54) is 101 Å². The van der Waals surface area contributed by atoms with E-state index in [0.29, 0.717) is 11.8 Å². The predicted molar refractivity (Wildman–Crippen MR) is 210 cm³/mol. The van der Waals surface area contributed by atoms with Crippen LogP contribution >= 0.6 is 0 Å².